The molecule has 0 amide bonds. The summed E-state index contributed by atoms with van der Waals surface area (Å²) < 4.78 is 81.1. The molecule has 0 radical (unpaired) electrons. The summed E-state index contributed by atoms with van der Waals surface area (Å²) in [4.78, 5) is 13.5. The second kappa shape index (κ2) is 11.6. The summed E-state index contributed by atoms with van der Waals surface area (Å²) in [6.07, 6.45) is -4.10. The van der Waals surface area contributed by atoms with E-state index in [1.807, 2.05) is 35.2 Å². The van der Waals surface area contributed by atoms with Crippen LogP contribution in [0.3, 0.4) is 0 Å². The second-order valence-corrected chi connectivity index (χ2v) is 10.4. The Morgan fingerprint density at radius 2 is 1.71 bits per heavy atom. The first-order chi connectivity index (χ1) is 19.5. The van der Waals surface area contributed by atoms with Crippen LogP contribution in [0.2, 0.25) is 0 Å². The molecular weight excluding hydrogens is 544 g/mol. The first-order valence-electron chi connectivity index (χ1n) is 13.3. The average Bonchev–Trinajstić information content (AvgIpc) is 3.08. The molecule has 0 bridgehead atoms. The highest BCUT2D eigenvalue weighted by molar-refractivity contribution is 6.01. The van der Waals surface area contributed by atoms with Gasteiger partial charge in [-0.1, -0.05) is 48.5 Å². The Kier molecular flexibility index (Phi) is 8.09. The average molecular weight is 572 g/mol. The van der Waals surface area contributed by atoms with Crippen molar-refractivity contribution in [1.29, 1.82) is 0 Å². The van der Waals surface area contributed by atoms with Crippen molar-refractivity contribution >= 4 is 23.2 Å². The molecule has 0 spiro atoms. The van der Waals surface area contributed by atoms with Crippen molar-refractivity contribution in [3.63, 3.8) is 0 Å². The zero-order valence-electron chi connectivity index (χ0n) is 21.9. The standard InChI is InChI=1S/C32H27F6NO2/c33-28(34)13-14-39-17-20(18-39)15-19-7-9-21(10-8-19)29-24-12-11-23(31(40)41)16-22(24)3-1-4-25(29)26-5-2-6-27(30(26)35)32(36,37)38/h2,5-12,15-16,28H,1,3-4,13-14,17-18H2,(H,40,41). The predicted octanol–water partition coefficient (Wildman–Crippen LogP) is 8.19. The lowest BCUT2D eigenvalue weighted by molar-refractivity contribution is -0.140. The summed E-state index contributed by atoms with van der Waals surface area (Å²) in [5.74, 6) is -2.42. The number of carboxylic acids is 1. The van der Waals surface area contributed by atoms with Crippen molar-refractivity contribution in [3.05, 3.63) is 111 Å². The summed E-state index contributed by atoms with van der Waals surface area (Å²) in [5, 5.41) is 9.50. The van der Waals surface area contributed by atoms with Gasteiger partial charge in [0.2, 0.25) is 6.43 Å². The van der Waals surface area contributed by atoms with Gasteiger partial charge in [-0.2, -0.15) is 13.2 Å². The summed E-state index contributed by atoms with van der Waals surface area (Å²) in [6, 6.07) is 15.3. The fourth-order valence-corrected chi connectivity index (χ4v) is 5.54. The molecule has 3 nitrogen and oxygen atoms in total. The van der Waals surface area contributed by atoms with E-state index in [1.165, 1.54) is 18.2 Å². The van der Waals surface area contributed by atoms with E-state index in [0.717, 1.165) is 22.8 Å². The summed E-state index contributed by atoms with van der Waals surface area (Å²) in [5.41, 5.74) is 3.64. The van der Waals surface area contributed by atoms with E-state index in [0.29, 0.717) is 61.2 Å². The van der Waals surface area contributed by atoms with Gasteiger partial charge in [0.05, 0.1) is 11.1 Å². The van der Waals surface area contributed by atoms with Crippen molar-refractivity contribution in [2.75, 3.05) is 19.6 Å². The lowest BCUT2D eigenvalue weighted by Crippen LogP contribution is -2.40. The second-order valence-electron chi connectivity index (χ2n) is 10.4. The molecule has 0 unspecified atom stereocenters. The minimum absolute atomic E-state index is 0.0989. The molecule has 0 atom stereocenters. The molecule has 214 valence electrons. The Hall–Kier alpha value is -3.85. The lowest BCUT2D eigenvalue weighted by Gasteiger charge is -2.34. The lowest BCUT2D eigenvalue weighted by atomic mass is 9.86. The van der Waals surface area contributed by atoms with Gasteiger partial charge >= 0.3 is 12.1 Å². The first kappa shape index (κ1) is 28.7. The largest absolute Gasteiger partial charge is 0.478 e. The molecule has 1 fully saturated rings. The van der Waals surface area contributed by atoms with E-state index in [4.69, 9.17) is 0 Å². The number of hydrogen-bond acceptors (Lipinski definition) is 2. The molecule has 2 aliphatic rings. The van der Waals surface area contributed by atoms with Crippen molar-refractivity contribution < 1.29 is 36.2 Å². The summed E-state index contributed by atoms with van der Waals surface area (Å²) in [7, 11) is 0. The number of alkyl halides is 5. The minimum Gasteiger partial charge on any atom is -0.478 e. The number of hydrogen-bond donors (Lipinski definition) is 1. The third-order valence-corrected chi connectivity index (χ3v) is 7.51. The Morgan fingerprint density at radius 1 is 0.976 bits per heavy atom. The number of fused-ring (bicyclic) bond motifs is 1. The number of allylic oxidation sites excluding steroid dienone is 1. The Labute approximate surface area is 233 Å². The van der Waals surface area contributed by atoms with Crippen LogP contribution in [-0.2, 0) is 12.6 Å². The van der Waals surface area contributed by atoms with Gasteiger partial charge in [-0.15, -0.1) is 0 Å². The van der Waals surface area contributed by atoms with E-state index in [-0.39, 0.29) is 17.5 Å². The van der Waals surface area contributed by atoms with Gasteiger partial charge in [-0.05, 0) is 76.4 Å². The maximum atomic E-state index is 15.4. The fourth-order valence-electron chi connectivity index (χ4n) is 5.54. The number of halogens is 6. The number of rotatable bonds is 7. The van der Waals surface area contributed by atoms with Crippen LogP contribution < -0.4 is 0 Å². The monoisotopic (exact) mass is 571 g/mol. The first-order valence-corrected chi connectivity index (χ1v) is 13.3. The molecule has 41 heavy (non-hydrogen) atoms. The van der Waals surface area contributed by atoms with Crippen LogP contribution in [0.25, 0.3) is 17.2 Å². The van der Waals surface area contributed by atoms with Gasteiger partial charge in [0.25, 0.3) is 0 Å². The summed E-state index contributed by atoms with van der Waals surface area (Å²) in [6.45, 7) is 1.55. The Bertz CT molecular complexity index is 1510. The maximum Gasteiger partial charge on any atom is 0.419 e. The van der Waals surface area contributed by atoms with Crippen molar-refractivity contribution in [1.82, 2.24) is 4.90 Å². The molecular formula is C32H27F6NO2. The molecule has 1 aliphatic heterocycles. The van der Waals surface area contributed by atoms with E-state index in [9.17, 15) is 31.9 Å². The van der Waals surface area contributed by atoms with Gasteiger partial charge < -0.3 is 5.11 Å². The number of carboxylic acid groups (broad SMARTS) is 1. The quantitative estimate of drug-likeness (QED) is 0.291. The molecule has 3 aromatic rings. The molecule has 1 saturated heterocycles. The number of aromatic carboxylic acids is 1. The van der Waals surface area contributed by atoms with Crippen LogP contribution in [0.4, 0.5) is 26.3 Å². The number of benzene rings is 3. The third-order valence-electron chi connectivity index (χ3n) is 7.51. The molecule has 5 rings (SSSR count). The van der Waals surface area contributed by atoms with E-state index in [1.54, 1.807) is 12.1 Å². The molecule has 3 aromatic carbocycles. The molecule has 1 heterocycles. The van der Waals surface area contributed by atoms with Gasteiger partial charge in [0.1, 0.15) is 5.82 Å². The van der Waals surface area contributed by atoms with Gasteiger partial charge in [-0.3, -0.25) is 4.90 Å². The molecule has 0 saturated carbocycles. The zero-order chi connectivity index (χ0) is 29.3. The number of nitrogens with zero attached hydrogens (tertiary/aromatic N) is 1. The molecule has 9 heteroatoms. The number of aryl methyl sites for hydroxylation is 1. The highest BCUT2D eigenvalue weighted by Crippen LogP contribution is 2.43. The van der Waals surface area contributed by atoms with Crippen LogP contribution in [0.5, 0.6) is 0 Å². The smallest absolute Gasteiger partial charge is 0.419 e. The highest BCUT2D eigenvalue weighted by atomic mass is 19.4. The van der Waals surface area contributed by atoms with Crippen LogP contribution in [0, 0.1) is 5.82 Å². The normalized spacial score (nSPS) is 15.9. The van der Waals surface area contributed by atoms with Gasteiger partial charge in [0.15, 0.2) is 0 Å². The minimum atomic E-state index is -4.86. The molecule has 1 N–H and O–H groups in total. The Balaban J connectivity index is 1.57. The van der Waals surface area contributed by atoms with Crippen LogP contribution in [0.15, 0.2) is 66.2 Å². The van der Waals surface area contributed by atoms with E-state index >= 15 is 4.39 Å². The summed E-state index contributed by atoms with van der Waals surface area (Å²) >= 11 is 0. The Morgan fingerprint density at radius 3 is 2.37 bits per heavy atom. The number of likely N-dealkylation sites (tertiary alicyclic amines) is 1. The van der Waals surface area contributed by atoms with E-state index < -0.39 is 30.0 Å². The van der Waals surface area contributed by atoms with E-state index in [2.05, 4.69) is 0 Å². The SMILES string of the molecule is O=C(O)c1ccc2c(c1)CCCC(c1cccc(C(F)(F)F)c1F)=C2c1ccc(C=C2CN(CCC(F)F)C2)cc1. The van der Waals surface area contributed by atoms with Crippen LogP contribution in [-0.4, -0.2) is 42.0 Å². The van der Waals surface area contributed by atoms with Crippen LogP contribution >= 0.6 is 0 Å². The highest BCUT2D eigenvalue weighted by Gasteiger charge is 2.36. The van der Waals surface area contributed by atoms with Crippen molar-refractivity contribution in [2.45, 2.75) is 38.3 Å². The van der Waals surface area contributed by atoms with Crippen LogP contribution in [0.1, 0.15) is 63.0 Å². The topological polar surface area (TPSA) is 40.5 Å². The molecule has 0 aromatic heterocycles. The molecule has 1 aliphatic carbocycles. The van der Waals surface area contributed by atoms with Crippen molar-refractivity contribution in [3.8, 4) is 0 Å². The maximum absolute atomic E-state index is 15.4. The predicted molar refractivity (Wildman–Crippen MR) is 145 cm³/mol. The van der Waals surface area contributed by atoms with Crippen molar-refractivity contribution in [2.24, 2.45) is 0 Å². The number of carbonyl (C=O) groups is 1. The third kappa shape index (κ3) is 6.25. The zero-order valence-corrected chi connectivity index (χ0v) is 21.9. The fraction of sp³-hybridized carbons (Fsp3) is 0.281. The van der Waals surface area contributed by atoms with Gasteiger partial charge in [0, 0.05) is 31.6 Å². The van der Waals surface area contributed by atoms with Gasteiger partial charge in [-0.25, -0.2) is 18.0 Å².